The molecule has 0 bridgehead atoms. The molecule has 0 unspecified atom stereocenters. The Bertz CT molecular complexity index is 1380. The molecule has 210 valence electrons. The summed E-state index contributed by atoms with van der Waals surface area (Å²) in [5, 5.41) is 3.32. The summed E-state index contributed by atoms with van der Waals surface area (Å²) in [4.78, 5) is 0. The van der Waals surface area contributed by atoms with Crippen molar-refractivity contribution in [1.82, 2.24) is 9.34 Å². The van der Waals surface area contributed by atoms with E-state index in [4.69, 9.17) is 51.8 Å². The van der Waals surface area contributed by atoms with Crippen molar-refractivity contribution in [2.45, 2.75) is 27.7 Å². The molecule has 0 amide bonds. The van der Waals surface area contributed by atoms with Gasteiger partial charge < -0.3 is 0 Å². The van der Waals surface area contributed by atoms with E-state index in [1.54, 1.807) is 0 Å². The van der Waals surface area contributed by atoms with Crippen LogP contribution in [0.5, 0.6) is 0 Å². The number of nitrogens with zero attached hydrogens (tertiary/aromatic N) is 6. The predicted octanol–water partition coefficient (Wildman–Crippen LogP) is 10.4. The molecule has 4 rings (SSSR count). The molecule has 1 aliphatic heterocycles. The second-order valence-corrected chi connectivity index (χ2v) is 23.3. The van der Waals surface area contributed by atoms with Crippen LogP contribution < -0.4 is 15.9 Å². The molecule has 2 atom stereocenters. The van der Waals surface area contributed by atoms with E-state index in [1.165, 1.54) is 0 Å². The van der Waals surface area contributed by atoms with Crippen molar-refractivity contribution in [3.8, 4) is 0 Å². The number of hydrogen-bond acceptors (Lipinski definition) is 6. The van der Waals surface area contributed by atoms with Gasteiger partial charge in [-0.2, -0.15) is 13.5 Å². The van der Waals surface area contributed by atoms with Crippen molar-refractivity contribution in [1.29, 1.82) is 0 Å². The third-order valence-corrected chi connectivity index (χ3v) is 24.1. The molecule has 39 heavy (non-hydrogen) atoms. The van der Waals surface area contributed by atoms with Gasteiger partial charge in [-0.1, -0.05) is 119 Å². The highest BCUT2D eigenvalue weighted by Crippen LogP contribution is 2.86. The van der Waals surface area contributed by atoms with Gasteiger partial charge in [-0.05, 0) is 33.7 Å². The number of rotatable bonds is 10. The molecule has 6 nitrogen and oxygen atoms in total. The van der Waals surface area contributed by atoms with Crippen molar-refractivity contribution in [2.75, 3.05) is 26.2 Å². The van der Waals surface area contributed by atoms with Crippen molar-refractivity contribution in [3.05, 3.63) is 91.0 Å². The van der Waals surface area contributed by atoms with E-state index < -0.39 is 27.2 Å². The minimum atomic E-state index is -3.19. The smallest absolute Gasteiger partial charge is 0.240 e. The lowest BCUT2D eigenvalue weighted by atomic mass is 10.4. The van der Waals surface area contributed by atoms with E-state index in [0.29, 0.717) is 26.2 Å². The molecule has 0 saturated heterocycles. The maximum absolute atomic E-state index is 7.39. The van der Waals surface area contributed by atoms with Crippen LogP contribution in [0.4, 0.5) is 0 Å². The van der Waals surface area contributed by atoms with Crippen LogP contribution in [0, 0.1) is 0 Å². The van der Waals surface area contributed by atoms with Crippen LogP contribution in [-0.4, -0.2) is 35.5 Å². The van der Waals surface area contributed by atoms with Gasteiger partial charge in [-0.15, -0.1) is 0 Å². The molecule has 0 fully saturated rings. The molecule has 3 aromatic rings. The molecular weight excluding hydrogens is 627 g/mol. The average molecular weight is 662 g/mol. The predicted molar refractivity (Wildman–Crippen MR) is 179 cm³/mol. The second kappa shape index (κ2) is 13.1. The third kappa shape index (κ3) is 6.41. The standard InChI is InChI=1S/C26H35Cl3N6P4/c1-5-34(6-2)38(29)31-37(27,28)32-39(33-38,35(7-3)8-4)30-36(24-18-12-9-13-19-24,25-20-14-10-15-21-25)26-22-16-11-17-23-26/h9-23H,5-8H2,1-4H3/t38-,39+/m1/s1. The molecular formula is C26H35Cl3N6P4. The summed E-state index contributed by atoms with van der Waals surface area (Å²) < 4.78 is 25.5. The summed E-state index contributed by atoms with van der Waals surface area (Å²) in [7, 11) is -5.80. The molecule has 13 heteroatoms. The summed E-state index contributed by atoms with van der Waals surface area (Å²) in [5.74, 6) is -3.19. The zero-order chi connectivity index (χ0) is 28.2. The minimum absolute atomic E-state index is 0.669. The molecule has 0 aliphatic carbocycles. The number of hydrogen-bond donors (Lipinski definition) is 0. The van der Waals surface area contributed by atoms with Gasteiger partial charge in [0.25, 0.3) is 13.4 Å². The molecule has 3 aromatic carbocycles. The average Bonchev–Trinajstić information content (AvgIpc) is 2.93. The van der Waals surface area contributed by atoms with E-state index in [-0.39, 0.29) is 0 Å². The highest BCUT2D eigenvalue weighted by molar-refractivity contribution is 8.15. The highest BCUT2D eigenvalue weighted by Gasteiger charge is 2.42. The van der Waals surface area contributed by atoms with Gasteiger partial charge >= 0.3 is 0 Å². The van der Waals surface area contributed by atoms with Crippen molar-refractivity contribution in [2.24, 2.45) is 18.1 Å². The zero-order valence-corrected chi connectivity index (χ0v) is 28.4. The first kappa shape index (κ1) is 31.3. The minimum Gasteiger partial charge on any atom is -0.240 e. The first-order chi connectivity index (χ1) is 18.7. The van der Waals surface area contributed by atoms with Gasteiger partial charge in [0, 0.05) is 42.1 Å². The Hall–Kier alpha value is -0.630. The molecule has 1 aliphatic rings. The van der Waals surface area contributed by atoms with Gasteiger partial charge in [0.15, 0.2) is 0 Å². The molecule has 0 radical (unpaired) electrons. The van der Waals surface area contributed by atoms with Gasteiger partial charge in [0.05, 0.1) is 7.05 Å². The zero-order valence-electron chi connectivity index (χ0n) is 22.6. The van der Waals surface area contributed by atoms with Crippen LogP contribution in [0.25, 0.3) is 0 Å². The summed E-state index contributed by atoms with van der Waals surface area (Å²) >= 11 is 21.3. The van der Waals surface area contributed by atoms with Crippen LogP contribution in [0.1, 0.15) is 27.7 Å². The molecule has 0 spiro atoms. The van der Waals surface area contributed by atoms with Crippen molar-refractivity contribution in [3.63, 3.8) is 0 Å². The van der Waals surface area contributed by atoms with Crippen molar-refractivity contribution < 1.29 is 0 Å². The maximum atomic E-state index is 7.39. The SMILES string of the molecule is CCN(CC)[P@@]1(Cl)=N[P@@](N=P(c2ccccc2)(c2ccccc2)c2ccccc2)(N(CC)CC)=NP(Cl)(Cl)=N1. The Balaban J connectivity index is 2.30. The summed E-state index contributed by atoms with van der Waals surface area (Å²) in [6.07, 6.45) is 0. The van der Waals surface area contributed by atoms with Gasteiger partial charge in [0.2, 0.25) is 6.71 Å². The van der Waals surface area contributed by atoms with E-state index in [9.17, 15) is 0 Å². The quantitative estimate of drug-likeness (QED) is 0.203. The lowest BCUT2D eigenvalue weighted by Crippen LogP contribution is -2.27. The van der Waals surface area contributed by atoms with Crippen molar-refractivity contribution >= 4 is 76.8 Å². The molecule has 0 aromatic heterocycles. The first-order valence-corrected chi connectivity index (χ1v) is 22.4. The molecule has 1 heterocycles. The van der Waals surface area contributed by atoms with E-state index in [1.807, 2.05) is 18.2 Å². The second-order valence-electron chi connectivity index (χ2n) is 8.77. The number of halogens is 3. The fourth-order valence-electron chi connectivity index (χ4n) is 4.71. The Morgan fingerprint density at radius 3 is 1.33 bits per heavy atom. The number of benzene rings is 3. The Morgan fingerprint density at radius 1 is 0.590 bits per heavy atom. The summed E-state index contributed by atoms with van der Waals surface area (Å²) in [6.45, 7) is 8.00. The Kier molecular flexibility index (Phi) is 10.5. The summed E-state index contributed by atoms with van der Waals surface area (Å²) in [5.41, 5.74) is 0. The van der Waals surface area contributed by atoms with Crippen LogP contribution >= 0.6 is 60.9 Å². The normalized spacial score (nSPS) is 22.6. The maximum Gasteiger partial charge on any atom is 0.264 e. The lowest BCUT2D eigenvalue weighted by molar-refractivity contribution is 0.496. The fraction of sp³-hybridized carbons (Fsp3) is 0.308. The van der Waals surface area contributed by atoms with Crippen LogP contribution in [0.3, 0.4) is 0 Å². The largest absolute Gasteiger partial charge is 0.264 e. The fourth-order valence-corrected chi connectivity index (χ4v) is 25.9. The highest BCUT2D eigenvalue weighted by atomic mass is 35.9. The first-order valence-electron chi connectivity index (χ1n) is 13.0. The molecule has 0 N–H and O–H groups in total. The van der Waals surface area contributed by atoms with E-state index >= 15 is 0 Å². The van der Waals surface area contributed by atoms with Crippen LogP contribution in [0.15, 0.2) is 109 Å². The van der Waals surface area contributed by atoms with Gasteiger partial charge in [-0.3, -0.25) is 0 Å². The third-order valence-electron chi connectivity index (χ3n) is 6.53. The lowest BCUT2D eigenvalue weighted by Gasteiger charge is -2.39. The molecule has 0 saturated carbocycles. The van der Waals surface area contributed by atoms with Crippen LogP contribution in [-0.2, 0) is 0 Å². The summed E-state index contributed by atoms with van der Waals surface area (Å²) in [6, 6.07) is 31.4. The monoisotopic (exact) mass is 660 g/mol. The Morgan fingerprint density at radius 2 is 0.974 bits per heavy atom. The Labute approximate surface area is 248 Å². The van der Waals surface area contributed by atoms with E-state index in [2.05, 4.69) is 110 Å². The topological polar surface area (TPSA) is 55.9 Å². The van der Waals surface area contributed by atoms with Gasteiger partial charge in [0.1, 0.15) is 0 Å². The van der Waals surface area contributed by atoms with Gasteiger partial charge in [-0.25, -0.2) is 13.9 Å². The van der Waals surface area contributed by atoms with E-state index in [0.717, 1.165) is 15.9 Å². The van der Waals surface area contributed by atoms with Crippen LogP contribution in [0.2, 0.25) is 0 Å².